The molecule has 7 nitrogen and oxygen atoms in total. The van der Waals surface area contributed by atoms with Crippen LogP contribution >= 0.6 is 11.6 Å². The Labute approximate surface area is 203 Å². The first-order valence-corrected chi connectivity index (χ1v) is 11.9. The molecule has 182 valence electrons. The molecule has 0 N–H and O–H groups in total. The Morgan fingerprint density at radius 2 is 1.26 bits per heavy atom. The monoisotopic (exact) mass is 509 g/mol. The Morgan fingerprint density at radius 1 is 0.765 bits per heavy atom. The van der Waals surface area contributed by atoms with Crippen LogP contribution in [0.1, 0.15) is 11.1 Å². The van der Waals surface area contributed by atoms with Gasteiger partial charge < -0.3 is 18.9 Å². The van der Waals surface area contributed by atoms with Gasteiger partial charge in [0.05, 0.1) is 38.4 Å². The molecule has 0 atom stereocenters. The largest absolute Gasteiger partial charge is 0.497 e. The molecule has 0 radical (unpaired) electrons. The van der Waals surface area contributed by atoms with E-state index in [0.29, 0.717) is 34.1 Å². The van der Waals surface area contributed by atoms with E-state index in [2.05, 4.69) is 0 Å². The second-order valence-electron chi connectivity index (χ2n) is 7.20. The molecule has 3 aromatic rings. The third-order valence-corrected chi connectivity index (χ3v) is 7.29. The van der Waals surface area contributed by atoms with Crippen molar-refractivity contribution in [3.8, 4) is 23.0 Å². The van der Waals surface area contributed by atoms with Crippen LogP contribution in [0.15, 0.2) is 59.5 Å². The molecule has 0 bridgehead atoms. The number of ether oxygens (including phenoxy) is 4. The van der Waals surface area contributed by atoms with Gasteiger partial charge in [-0.25, -0.2) is 12.8 Å². The van der Waals surface area contributed by atoms with Crippen molar-refractivity contribution in [3.63, 3.8) is 0 Å². The van der Waals surface area contributed by atoms with Crippen molar-refractivity contribution < 1.29 is 31.8 Å². The minimum absolute atomic E-state index is 0.0420. The van der Waals surface area contributed by atoms with Gasteiger partial charge in [0.1, 0.15) is 28.8 Å². The molecule has 0 aromatic heterocycles. The topological polar surface area (TPSA) is 74.3 Å². The van der Waals surface area contributed by atoms with Gasteiger partial charge in [0, 0.05) is 36.3 Å². The molecule has 0 aliphatic heterocycles. The maximum Gasteiger partial charge on any atom is 0.243 e. The van der Waals surface area contributed by atoms with E-state index in [1.54, 1.807) is 36.4 Å². The number of hydrogen-bond acceptors (Lipinski definition) is 6. The maximum atomic E-state index is 13.7. The standard InChI is InChI=1S/C24H25ClFNO6S/c1-30-18-7-5-16(23(11-18)32-3)14-27(15-17-6-8-19(31-2)12-24(17)33-4)34(28,29)20-9-10-22(26)21(25)13-20/h5-13H,14-15H2,1-4H3. The molecule has 0 fully saturated rings. The quantitative estimate of drug-likeness (QED) is 0.387. The first kappa shape index (κ1) is 25.6. The number of nitrogens with zero attached hydrogens (tertiary/aromatic N) is 1. The fourth-order valence-electron chi connectivity index (χ4n) is 3.36. The second kappa shape index (κ2) is 10.9. The molecule has 0 heterocycles. The Kier molecular flexibility index (Phi) is 8.24. The second-order valence-corrected chi connectivity index (χ2v) is 9.55. The van der Waals surface area contributed by atoms with Crippen molar-refractivity contribution in [2.75, 3.05) is 28.4 Å². The van der Waals surface area contributed by atoms with Crippen LogP contribution in [-0.4, -0.2) is 41.2 Å². The molecule has 3 aromatic carbocycles. The van der Waals surface area contributed by atoms with Crippen LogP contribution in [0.2, 0.25) is 5.02 Å². The summed E-state index contributed by atoms with van der Waals surface area (Å²) in [5.74, 6) is 1.34. The minimum atomic E-state index is -4.11. The average Bonchev–Trinajstić information content (AvgIpc) is 2.85. The van der Waals surface area contributed by atoms with E-state index in [9.17, 15) is 12.8 Å². The van der Waals surface area contributed by atoms with E-state index in [1.807, 2.05) is 0 Å². The lowest BCUT2D eigenvalue weighted by molar-refractivity contribution is 0.358. The van der Waals surface area contributed by atoms with E-state index in [-0.39, 0.29) is 23.0 Å². The van der Waals surface area contributed by atoms with Crippen LogP contribution in [-0.2, 0) is 23.1 Å². The average molecular weight is 510 g/mol. The molecule has 0 aliphatic carbocycles. The molecule has 0 amide bonds. The van der Waals surface area contributed by atoms with Crippen molar-refractivity contribution in [1.29, 1.82) is 0 Å². The molecular weight excluding hydrogens is 485 g/mol. The zero-order valence-corrected chi connectivity index (χ0v) is 20.7. The number of methoxy groups -OCH3 is 4. The molecule has 0 saturated heterocycles. The van der Waals surface area contributed by atoms with Crippen LogP contribution < -0.4 is 18.9 Å². The van der Waals surface area contributed by atoms with Crippen molar-refractivity contribution in [3.05, 3.63) is 76.6 Å². The summed E-state index contributed by atoms with van der Waals surface area (Å²) in [6.45, 7) is -0.0840. The highest BCUT2D eigenvalue weighted by atomic mass is 35.5. The first-order chi connectivity index (χ1) is 16.2. The van der Waals surface area contributed by atoms with E-state index >= 15 is 0 Å². The van der Waals surface area contributed by atoms with Gasteiger partial charge in [-0.3, -0.25) is 0 Å². The third kappa shape index (κ3) is 5.55. The molecule has 0 saturated carbocycles. The molecular formula is C24H25ClFNO6S. The summed E-state index contributed by atoms with van der Waals surface area (Å²) in [6.07, 6.45) is 0. The van der Waals surface area contributed by atoms with Gasteiger partial charge in [-0.15, -0.1) is 0 Å². The van der Waals surface area contributed by atoms with Gasteiger partial charge in [0.15, 0.2) is 0 Å². The van der Waals surface area contributed by atoms with Gasteiger partial charge in [0.2, 0.25) is 10.0 Å². The van der Waals surface area contributed by atoms with E-state index in [1.165, 1.54) is 38.8 Å². The highest BCUT2D eigenvalue weighted by molar-refractivity contribution is 7.89. The lowest BCUT2D eigenvalue weighted by atomic mass is 10.1. The zero-order chi connectivity index (χ0) is 24.9. The number of halogens is 2. The molecule has 0 spiro atoms. The Bertz CT molecular complexity index is 1210. The summed E-state index contributed by atoms with van der Waals surface area (Å²) in [4.78, 5) is -0.140. The molecule has 0 aliphatic rings. The summed E-state index contributed by atoms with van der Waals surface area (Å²) in [5, 5.41) is -0.287. The van der Waals surface area contributed by atoms with Gasteiger partial charge in [0.25, 0.3) is 0 Å². The normalized spacial score (nSPS) is 11.4. The highest BCUT2D eigenvalue weighted by Gasteiger charge is 2.28. The zero-order valence-electron chi connectivity index (χ0n) is 19.2. The van der Waals surface area contributed by atoms with Gasteiger partial charge >= 0.3 is 0 Å². The Hall–Kier alpha value is -3.01. The summed E-state index contributed by atoms with van der Waals surface area (Å²) >= 11 is 5.88. The van der Waals surface area contributed by atoms with Crippen LogP contribution in [0.25, 0.3) is 0 Å². The number of benzene rings is 3. The van der Waals surface area contributed by atoms with Crippen molar-refractivity contribution in [2.24, 2.45) is 0 Å². The van der Waals surface area contributed by atoms with Crippen LogP contribution in [0.4, 0.5) is 4.39 Å². The van der Waals surface area contributed by atoms with Crippen LogP contribution in [0.5, 0.6) is 23.0 Å². The van der Waals surface area contributed by atoms with Crippen molar-refractivity contribution >= 4 is 21.6 Å². The molecule has 10 heteroatoms. The maximum absolute atomic E-state index is 13.7. The first-order valence-electron chi connectivity index (χ1n) is 10.1. The summed E-state index contributed by atoms with van der Waals surface area (Å²) < 4.78 is 63.7. The summed E-state index contributed by atoms with van der Waals surface area (Å²) in [7, 11) is 1.92. The Balaban J connectivity index is 2.09. The minimum Gasteiger partial charge on any atom is -0.497 e. The summed E-state index contributed by atoms with van der Waals surface area (Å²) in [5.41, 5.74) is 1.21. The SMILES string of the molecule is COc1ccc(CN(Cc2ccc(OC)cc2OC)S(=O)(=O)c2ccc(F)c(Cl)c2)c(OC)c1. The number of sulfonamides is 1. The predicted octanol–water partition coefficient (Wildman–Crippen LogP) is 4.90. The van der Waals surface area contributed by atoms with Gasteiger partial charge in [-0.05, 0) is 30.3 Å². The van der Waals surface area contributed by atoms with E-state index < -0.39 is 15.8 Å². The highest BCUT2D eigenvalue weighted by Crippen LogP contribution is 2.32. The lowest BCUT2D eigenvalue weighted by Gasteiger charge is -2.24. The predicted molar refractivity (Wildman–Crippen MR) is 127 cm³/mol. The smallest absolute Gasteiger partial charge is 0.243 e. The molecule has 34 heavy (non-hydrogen) atoms. The van der Waals surface area contributed by atoms with Crippen molar-refractivity contribution in [1.82, 2.24) is 4.31 Å². The summed E-state index contributed by atoms with van der Waals surface area (Å²) in [6, 6.07) is 13.5. The fourth-order valence-corrected chi connectivity index (χ4v) is 5.03. The third-order valence-electron chi connectivity index (χ3n) is 5.21. The number of rotatable bonds is 10. The molecule has 0 unspecified atom stereocenters. The lowest BCUT2D eigenvalue weighted by Crippen LogP contribution is -2.30. The van der Waals surface area contributed by atoms with E-state index in [4.69, 9.17) is 30.5 Å². The van der Waals surface area contributed by atoms with Gasteiger partial charge in [-0.1, -0.05) is 23.7 Å². The van der Waals surface area contributed by atoms with Crippen LogP contribution in [0, 0.1) is 5.82 Å². The number of hydrogen-bond donors (Lipinski definition) is 0. The Morgan fingerprint density at radius 3 is 1.68 bits per heavy atom. The van der Waals surface area contributed by atoms with Crippen LogP contribution in [0.3, 0.4) is 0 Å². The molecule has 3 rings (SSSR count). The van der Waals surface area contributed by atoms with Gasteiger partial charge in [-0.2, -0.15) is 4.31 Å². The van der Waals surface area contributed by atoms with E-state index in [0.717, 1.165) is 12.1 Å². The van der Waals surface area contributed by atoms with Crippen molar-refractivity contribution in [2.45, 2.75) is 18.0 Å². The fraction of sp³-hybridized carbons (Fsp3) is 0.250.